The second kappa shape index (κ2) is 10.1. The molecule has 1 amide bonds. The molecule has 0 aliphatic heterocycles. The van der Waals surface area contributed by atoms with E-state index in [-0.39, 0.29) is 24.8 Å². The standard InChI is InChI=1S/C17H28N4O3/c1-5-12-23-13-6-11-21(16(22)24-17(2,3)4)15-9-7-14(8-10-15)19-20-18/h1,14-15H,6-13H2,2-4H3. The summed E-state index contributed by atoms with van der Waals surface area (Å²) in [6.45, 7) is 6.94. The Labute approximate surface area is 144 Å². The molecule has 24 heavy (non-hydrogen) atoms. The third-order valence-corrected chi connectivity index (χ3v) is 3.82. The van der Waals surface area contributed by atoms with Gasteiger partial charge in [0.05, 0.1) is 0 Å². The lowest BCUT2D eigenvalue weighted by Gasteiger charge is -2.37. The summed E-state index contributed by atoms with van der Waals surface area (Å²) in [5.74, 6) is 2.42. The first-order valence-corrected chi connectivity index (χ1v) is 8.42. The molecule has 0 saturated heterocycles. The largest absolute Gasteiger partial charge is 0.444 e. The quantitative estimate of drug-likeness (QED) is 0.232. The van der Waals surface area contributed by atoms with E-state index in [2.05, 4.69) is 15.9 Å². The first-order chi connectivity index (χ1) is 11.4. The van der Waals surface area contributed by atoms with Crippen LogP contribution in [0.4, 0.5) is 4.79 Å². The summed E-state index contributed by atoms with van der Waals surface area (Å²) in [5, 5.41) is 3.78. The number of hydrogen-bond acceptors (Lipinski definition) is 4. The van der Waals surface area contributed by atoms with Crippen molar-refractivity contribution in [2.45, 2.75) is 70.6 Å². The van der Waals surface area contributed by atoms with Gasteiger partial charge in [0.1, 0.15) is 12.2 Å². The Bertz CT molecular complexity index is 481. The predicted octanol–water partition coefficient (Wildman–Crippen LogP) is 3.88. The van der Waals surface area contributed by atoms with Crippen LogP contribution in [0.3, 0.4) is 0 Å². The van der Waals surface area contributed by atoms with Crippen LogP contribution in [0.1, 0.15) is 52.9 Å². The second-order valence-corrected chi connectivity index (χ2v) is 6.95. The highest BCUT2D eigenvalue weighted by atomic mass is 16.6. The predicted molar refractivity (Wildman–Crippen MR) is 92.4 cm³/mol. The van der Waals surface area contributed by atoms with E-state index < -0.39 is 5.60 Å². The van der Waals surface area contributed by atoms with E-state index in [0.717, 1.165) is 25.7 Å². The van der Waals surface area contributed by atoms with E-state index in [1.807, 2.05) is 20.8 Å². The van der Waals surface area contributed by atoms with Crippen LogP contribution in [0, 0.1) is 12.3 Å². The summed E-state index contributed by atoms with van der Waals surface area (Å²) in [6.07, 6.45) is 8.77. The zero-order chi connectivity index (χ0) is 18.0. The molecule has 0 spiro atoms. The van der Waals surface area contributed by atoms with Gasteiger partial charge < -0.3 is 14.4 Å². The average molecular weight is 336 g/mol. The maximum Gasteiger partial charge on any atom is 0.410 e. The molecule has 1 aliphatic rings. The molecule has 0 N–H and O–H groups in total. The van der Waals surface area contributed by atoms with Gasteiger partial charge in [-0.2, -0.15) is 0 Å². The van der Waals surface area contributed by atoms with E-state index in [9.17, 15) is 4.79 Å². The molecule has 7 nitrogen and oxygen atoms in total. The van der Waals surface area contributed by atoms with Gasteiger partial charge in [-0.1, -0.05) is 11.0 Å². The number of rotatable bonds is 7. The highest BCUT2D eigenvalue weighted by Crippen LogP contribution is 2.26. The van der Waals surface area contributed by atoms with Crippen LogP contribution in [-0.2, 0) is 9.47 Å². The fourth-order valence-electron chi connectivity index (χ4n) is 2.77. The maximum atomic E-state index is 12.5. The van der Waals surface area contributed by atoms with Gasteiger partial charge in [0.15, 0.2) is 0 Å². The number of azide groups is 1. The van der Waals surface area contributed by atoms with Crippen LogP contribution >= 0.6 is 0 Å². The Morgan fingerprint density at radius 2 is 2.04 bits per heavy atom. The van der Waals surface area contributed by atoms with E-state index in [4.69, 9.17) is 21.4 Å². The van der Waals surface area contributed by atoms with Gasteiger partial charge in [0.2, 0.25) is 0 Å². The Hall–Kier alpha value is -1.90. The zero-order valence-corrected chi connectivity index (χ0v) is 14.9. The first kappa shape index (κ1) is 20.1. The molecule has 1 fully saturated rings. The summed E-state index contributed by atoms with van der Waals surface area (Å²) in [6, 6.07) is 0.142. The molecule has 0 bridgehead atoms. The number of hydrogen-bond donors (Lipinski definition) is 0. The highest BCUT2D eigenvalue weighted by Gasteiger charge is 2.31. The molecule has 1 rings (SSSR count). The van der Waals surface area contributed by atoms with E-state index >= 15 is 0 Å². The van der Waals surface area contributed by atoms with Crippen molar-refractivity contribution in [2.75, 3.05) is 19.8 Å². The number of ether oxygens (including phenoxy) is 2. The number of carbonyl (C=O) groups is 1. The monoisotopic (exact) mass is 336 g/mol. The van der Waals surface area contributed by atoms with Gasteiger partial charge in [-0.05, 0) is 58.4 Å². The summed E-state index contributed by atoms with van der Waals surface area (Å²) in [5.41, 5.74) is 8.01. The van der Waals surface area contributed by atoms with Crippen molar-refractivity contribution in [3.8, 4) is 12.3 Å². The number of nitrogens with zero attached hydrogens (tertiary/aromatic N) is 4. The minimum atomic E-state index is -0.530. The topological polar surface area (TPSA) is 87.5 Å². The smallest absolute Gasteiger partial charge is 0.410 e. The summed E-state index contributed by atoms with van der Waals surface area (Å²) >= 11 is 0. The van der Waals surface area contributed by atoms with E-state index in [1.54, 1.807) is 4.90 Å². The van der Waals surface area contributed by atoms with Gasteiger partial charge in [0.25, 0.3) is 0 Å². The van der Waals surface area contributed by atoms with Crippen LogP contribution in [0.15, 0.2) is 5.11 Å². The Kier molecular flexibility index (Phi) is 8.45. The molecule has 0 radical (unpaired) electrons. The van der Waals surface area contributed by atoms with Gasteiger partial charge in [-0.15, -0.1) is 6.42 Å². The van der Waals surface area contributed by atoms with Crippen LogP contribution in [-0.4, -0.2) is 48.4 Å². The first-order valence-electron chi connectivity index (χ1n) is 8.42. The highest BCUT2D eigenvalue weighted by molar-refractivity contribution is 5.68. The molecule has 0 aromatic heterocycles. The fourth-order valence-corrected chi connectivity index (χ4v) is 2.77. The third kappa shape index (κ3) is 7.58. The second-order valence-electron chi connectivity index (χ2n) is 6.95. The molecule has 0 unspecified atom stereocenters. The molecular weight excluding hydrogens is 308 g/mol. The van der Waals surface area contributed by atoms with Crippen molar-refractivity contribution in [3.05, 3.63) is 10.4 Å². The molecule has 0 heterocycles. The average Bonchev–Trinajstić information content (AvgIpc) is 2.50. The molecule has 1 aliphatic carbocycles. The molecule has 7 heteroatoms. The van der Waals surface area contributed by atoms with Crippen LogP contribution in [0.25, 0.3) is 10.4 Å². The Morgan fingerprint density at radius 1 is 1.38 bits per heavy atom. The summed E-state index contributed by atoms with van der Waals surface area (Å²) < 4.78 is 10.8. The lowest BCUT2D eigenvalue weighted by Crippen LogP contribution is -2.46. The molecular formula is C17H28N4O3. The van der Waals surface area contributed by atoms with Crippen molar-refractivity contribution in [1.29, 1.82) is 0 Å². The number of carbonyl (C=O) groups excluding carboxylic acids is 1. The SMILES string of the molecule is C#CCOCCCN(C(=O)OC(C)(C)C)C1CCC(N=[N+]=[N-])CC1. The normalized spacial score (nSPS) is 20.6. The summed E-state index contributed by atoms with van der Waals surface area (Å²) in [7, 11) is 0. The van der Waals surface area contributed by atoms with Crippen LogP contribution in [0.5, 0.6) is 0 Å². The third-order valence-electron chi connectivity index (χ3n) is 3.82. The summed E-state index contributed by atoms with van der Waals surface area (Å²) in [4.78, 5) is 17.2. The van der Waals surface area contributed by atoms with Crippen molar-refractivity contribution in [3.63, 3.8) is 0 Å². The van der Waals surface area contributed by atoms with Gasteiger partial charge in [-0.25, -0.2) is 4.79 Å². The fraction of sp³-hybridized carbons (Fsp3) is 0.824. The van der Waals surface area contributed by atoms with Crippen molar-refractivity contribution < 1.29 is 14.3 Å². The molecule has 0 aromatic carbocycles. The van der Waals surface area contributed by atoms with Gasteiger partial charge >= 0.3 is 6.09 Å². The molecule has 134 valence electrons. The molecule has 1 saturated carbocycles. The van der Waals surface area contributed by atoms with E-state index in [0.29, 0.717) is 19.6 Å². The van der Waals surface area contributed by atoms with Gasteiger partial charge in [-0.3, -0.25) is 0 Å². The molecule has 0 atom stereocenters. The lowest BCUT2D eigenvalue weighted by molar-refractivity contribution is 0.00947. The minimum Gasteiger partial charge on any atom is -0.444 e. The van der Waals surface area contributed by atoms with Crippen molar-refractivity contribution in [2.24, 2.45) is 5.11 Å². The number of terminal acetylenes is 1. The van der Waals surface area contributed by atoms with E-state index in [1.165, 1.54) is 0 Å². The lowest BCUT2D eigenvalue weighted by atomic mass is 9.90. The maximum absolute atomic E-state index is 12.5. The van der Waals surface area contributed by atoms with Gasteiger partial charge in [0, 0.05) is 30.1 Å². The number of amides is 1. The van der Waals surface area contributed by atoms with Crippen molar-refractivity contribution in [1.82, 2.24) is 4.90 Å². The van der Waals surface area contributed by atoms with Crippen LogP contribution < -0.4 is 0 Å². The zero-order valence-electron chi connectivity index (χ0n) is 14.9. The van der Waals surface area contributed by atoms with Crippen molar-refractivity contribution >= 4 is 6.09 Å². The Balaban J connectivity index is 2.61. The Morgan fingerprint density at radius 3 is 2.58 bits per heavy atom. The molecule has 0 aromatic rings. The van der Waals surface area contributed by atoms with Crippen LogP contribution in [0.2, 0.25) is 0 Å². The minimum absolute atomic E-state index is 0.0331.